The Labute approximate surface area is 140 Å². The second kappa shape index (κ2) is 6.52. The van der Waals surface area contributed by atoms with Gasteiger partial charge in [0.05, 0.1) is 0 Å². The van der Waals surface area contributed by atoms with Crippen molar-refractivity contribution in [3.63, 3.8) is 0 Å². The lowest BCUT2D eigenvalue weighted by Gasteiger charge is -2.46. The first kappa shape index (κ1) is 17.5. The molecule has 7 heteroatoms. The van der Waals surface area contributed by atoms with Crippen molar-refractivity contribution in [3.8, 4) is 0 Å². The molecule has 0 radical (unpaired) electrons. The van der Waals surface area contributed by atoms with Crippen molar-refractivity contribution in [2.75, 3.05) is 31.5 Å². The van der Waals surface area contributed by atoms with E-state index in [9.17, 15) is 13.2 Å². The number of piperidine rings is 1. The van der Waals surface area contributed by atoms with Crippen molar-refractivity contribution in [1.29, 1.82) is 0 Å². The van der Waals surface area contributed by atoms with Gasteiger partial charge in [0.1, 0.15) is 11.5 Å². The topological polar surface area (TPSA) is 40.2 Å². The van der Waals surface area contributed by atoms with Crippen LogP contribution in [0.15, 0.2) is 12.1 Å². The molecule has 134 valence electrons. The van der Waals surface area contributed by atoms with Crippen molar-refractivity contribution in [3.05, 3.63) is 23.4 Å². The summed E-state index contributed by atoms with van der Waals surface area (Å²) >= 11 is 0. The zero-order valence-corrected chi connectivity index (χ0v) is 14.2. The predicted octanol–water partition coefficient (Wildman–Crippen LogP) is 3.11. The lowest BCUT2D eigenvalue weighted by Crippen LogP contribution is -2.52. The van der Waals surface area contributed by atoms with E-state index in [2.05, 4.69) is 34.4 Å². The fourth-order valence-electron chi connectivity index (χ4n) is 3.61. The maximum Gasteiger partial charge on any atom is 0.433 e. The Hall–Kier alpha value is -1.34. The summed E-state index contributed by atoms with van der Waals surface area (Å²) in [5, 5.41) is 6.44. The third-order valence-electron chi connectivity index (χ3n) is 4.58. The van der Waals surface area contributed by atoms with E-state index in [0.717, 1.165) is 39.0 Å². The van der Waals surface area contributed by atoms with Crippen LogP contribution < -0.4 is 10.6 Å². The van der Waals surface area contributed by atoms with E-state index in [1.54, 1.807) is 6.07 Å². The quantitative estimate of drug-likeness (QED) is 0.882. The van der Waals surface area contributed by atoms with Gasteiger partial charge in [0.25, 0.3) is 0 Å². The number of alkyl halides is 3. The molecule has 0 bridgehead atoms. The van der Waals surface area contributed by atoms with Gasteiger partial charge in [-0.2, -0.15) is 13.2 Å². The van der Waals surface area contributed by atoms with Crippen molar-refractivity contribution < 1.29 is 13.2 Å². The molecule has 0 amide bonds. The third kappa shape index (κ3) is 4.39. The Kier molecular flexibility index (Phi) is 4.75. The van der Waals surface area contributed by atoms with Crippen LogP contribution in [0.4, 0.5) is 19.0 Å². The second-order valence-corrected chi connectivity index (χ2v) is 7.72. The van der Waals surface area contributed by atoms with Crippen molar-refractivity contribution >= 4 is 5.82 Å². The minimum absolute atomic E-state index is 0.179. The molecule has 2 saturated heterocycles. The normalized spacial score (nSPS) is 22.2. The molecule has 0 spiro atoms. The lowest BCUT2D eigenvalue weighted by atomic mass is 9.84. The molecule has 1 aromatic rings. The first-order valence-corrected chi connectivity index (χ1v) is 8.49. The maximum absolute atomic E-state index is 13.2. The fourth-order valence-corrected chi connectivity index (χ4v) is 3.61. The monoisotopic (exact) mass is 342 g/mol. The van der Waals surface area contributed by atoms with Gasteiger partial charge < -0.3 is 10.6 Å². The molecule has 24 heavy (non-hydrogen) atoms. The van der Waals surface area contributed by atoms with E-state index in [-0.39, 0.29) is 11.5 Å². The smallest absolute Gasteiger partial charge is 0.367 e. The molecule has 0 unspecified atom stereocenters. The van der Waals surface area contributed by atoms with E-state index in [4.69, 9.17) is 0 Å². The zero-order chi connectivity index (χ0) is 17.4. The van der Waals surface area contributed by atoms with Crippen LogP contribution in [-0.2, 0) is 12.7 Å². The van der Waals surface area contributed by atoms with E-state index in [1.807, 2.05) is 0 Å². The molecular formula is C17H25F3N4. The highest BCUT2D eigenvalue weighted by Gasteiger charge is 2.36. The van der Waals surface area contributed by atoms with Crippen molar-refractivity contribution in [2.24, 2.45) is 5.41 Å². The van der Waals surface area contributed by atoms with E-state index in [0.29, 0.717) is 17.9 Å². The molecule has 3 heterocycles. The van der Waals surface area contributed by atoms with E-state index >= 15 is 0 Å². The number of likely N-dealkylation sites (tertiary alicyclic amines) is 1. The number of nitrogens with one attached hydrogen (secondary N) is 2. The Balaban J connectivity index is 1.75. The summed E-state index contributed by atoms with van der Waals surface area (Å²) in [5.41, 5.74) is 0.122. The Morgan fingerprint density at radius 1 is 1.25 bits per heavy atom. The van der Waals surface area contributed by atoms with Gasteiger partial charge >= 0.3 is 6.18 Å². The van der Waals surface area contributed by atoms with Crippen LogP contribution in [0.25, 0.3) is 0 Å². The van der Waals surface area contributed by atoms with Gasteiger partial charge in [0.15, 0.2) is 0 Å². The number of halogens is 3. The van der Waals surface area contributed by atoms with E-state index in [1.165, 1.54) is 6.07 Å². The molecule has 2 aliphatic heterocycles. The van der Waals surface area contributed by atoms with Crippen molar-refractivity contribution in [1.82, 2.24) is 15.2 Å². The van der Waals surface area contributed by atoms with Crippen LogP contribution >= 0.6 is 0 Å². The summed E-state index contributed by atoms with van der Waals surface area (Å²) in [6.45, 7) is 8.46. The summed E-state index contributed by atoms with van der Waals surface area (Å²) in [4.78, 5) is 5.97. The van der Waals surface area contributed by atoms with Crippen LogP contribution in [0, 0.1) is 5.41 Å². The number of nitrogens with zero attached hydrogens (tertiary/aromatic N) is 2. The summed E-state index contributed by atoms with van der Waals surface area (Å²) in [5.74, 6) is 0.339. The Morgan fingerprint density at radius 2 is 1.92 bits per heavy atom. The first-order chi connectivity index (χ1) is 11.2. The summed E-state index contributed by atoms with van der Waals surface area (Å²) in [7, 11) is 0. The number of rotatable bonds is 4. The van der Waals surface area contributed by atoms with Crippen LogP contribution in [0.5, 0.6) is 0 Å². The molecule has 0 aromatic carbocycles. The molecule has 3 rings (SSSR count). The summed E-state index contributed by atoms with van der Waals surface area (Å²) in [6, 6.07) is 3.12. The number of anilines is 1. The molecular weight excluding hydrogens is 317 g/mol. The molecule has 0 atom stereocenters. The minimum atomic E-state index is -4.42. The lowest BCUT2D eigenvalue weighted by molar-refractivity contribution is -0.141. The molecule has 2 fully saturated rings. The van der Waals surface area contributed by atoms with Crippen molar-refractivity contribution in [2.45, 2.75) is 45.5 Å². The maximum atomic E-state index is 13.2. The van der Waals surface area contributed by atoms with Crippen LogP contribution in [0.2, 0.25) is 0 Å². The summed E-state index contributed by atoms with van der Waals surface area (Å²) < 4.78 is 39.5. The van der Waals surface area contributed by atoms with Gasteiger partial charge in [-0.25, -0.2) is 4.98 Å². The first-order valence-electron chi connectivity index (χ1n) is 8.49. The van der Waals surface area contributed by atoms with E-state index < -0.39 is 11.9 Å². The fraction of sp³-hybridized carbons (Fsp3) is 0.706. The standard InChI is InChI=1S/C17H25F3N4/c1-16(2)10-24(11-16)9-12-7-14(17(18,19)20)23-15(8-12)22-13-3-5-21-6-4-13/h7-8,13,21H,3-6,9-11H2,1-2H3,(H,22,23). The highest BCUT2D eigenvalue weighted by molar-refractivity contribution is 5.41. The van der Waals surface area contributed by atoms with Gasteiger partial charge in [-0.1, -0.05) is 13.8 Å². The highest BCUT2D eigenvalue weighted by atomic mass is 19.4. The largest absolute Gasteiger partial charge is 0.433 e. The summed E-state index contributed by atoms with van der Waals surface area (Å²) in [6.07, 6.45) is -2.63. The minimum Gasteiger partial charge on any atom is -0.367 e. The molecule has 2 aliphatic rings. The number of pyridine rings is 1. The molecule has 1 aromatic heterocycles. The zero-order valence-electron chi connectivity index (χ0n) is 14.2. The predicted molar refractivity (Wildman–Crippen MR) is 87.8 cm³/mol. The average molecular weight is 342 g/mol. The number of hydrogen-bond donors (Lipinski definition) is 2. The number of hydrogen-bond acceptors (Lipinski definition) is 4. The highest BCUT2D eigenvalue weighted by Crippen LogP contribution is 2.33. The van der Waals surface area contributed by atoms with Crippen LogP contribution in [0.3, 0.4) is 0 Å². The number of aromatic nitrogens is 1. The van der Waals surface area contributed by atoms with Crippen LogP contribution in [0.1, 0.15) is 37.9 Å². The molecule has 4 nitrogen and oxygen atoms in total. The van der Waals surface area contributed by atoms with Gasteiger partial charge in [0.2, 0.25) is 0 Å². The third-order valence-corrected chi connectivity index (χ3v) is 4.58. The van der Waals surface area contributed by atoms with Gasteiger partial charge in [0, 0.05) is 25.7 Å². The SMILES string of the molecule is CC1(C)CN(Cc2cc(NC3CCNCC3)nc(C(F)(F)F)c2)C1. The second-order valence-electron chi connectivity index (χ2n) is 7.72. The Morgan fingerprint density at radius 3 is 2.50 bits per heavy atom. The Bertz CT molecular complexity index is 572. The van der Waals surface area contributed by atoms with Gasteiger partial charge in [-0.3, -0.25) is 4.90 Å². The van der Waals surface area contributed by atoms with Gasteiger partial charge in [-0.15, -0.1) is 0 Å². The molecule has 2 N–H and O–H groups in total. The molecule has 0 saturated carbocycles. The van der Waals surface area contributed by atoms with Crippen LogP contribution in [-0.4, -0.2) is 42.1 Å². The average Bonchev–Trinajstić information content (AvgIpc) is 2.45. The van der Waals surface area contributed by atoms with Gasteiger partial charge in [-0.05, 0) is 49.0 Å². The molecule has 0 aliphatic carbocycles.